The summed E-state index contributed by atoms with van der Waals surface area (Å²) in [5.74, 6) is -0.961. The van der Waals surface area contributed by atoms with Gasteiger partial charge in [0.1, 0.15) is 6.04 Å². The molecule has 3 N–H and O–H groups in total. The van der Waals surface area contributed by atoms with Crippen LogP contribution in [-0.4, -0.2) is 17.1 Å². The molecular weight excluding hydrogens is 226 g/mol. The molecule has 1 aliphatic rings. The van der Waals surface area contributed by atoms with E-state index in [1.54, 1.807) is 0 Å². The van der Waals surface area contributed by atoms with Crippen LogP contribution in [0.4, 0.5) is 0 Å². The van der Waals surface area contributed by atoms with Crippen molar-refractivity contribution in [2.75, 3.05) is 0 Å². The fraction of sp³-hybridized carbons (Fsp3) is 0.267. The molecule has 0 bridgehead atoms. The van der Waals surface area contributed by atoms with E-state index in [0.29, 0.717) is 6.42 Å². The summed E-state index contributed by atoms with van der Waals surface area (Å²) in [6, 6.07) is 7.10. The monoisotopic (exact) mass is 243 g/mol. The fourth-order valence-corrected chi connectivity index (χ4v) is 2.00. The number of carboxylic acid groups (broad SMARTS) is 1. The zero-order valence-electron chi connectivity index (χ0n) is 10.2. The Morgan fingerprint density at radius 1 is 1.28 bits per heavy atom. The number of hydrogen-bond donors (Lipinski definition) is 2. The van der Waals surface area contributed by atoms with Crippen LogP contribution in [0.15, 0.2) is 42.5 Å². The third kappa shape index (κ3) is 3.08. The molecule has 0 aliphatic heterocycles. The summed E-state index contributed by atoms with van der Waals surface area (Å²) in [5.41, 5.74) is 8.86. The molecule has 1 atom stereocenters. The molecule has 3 nitrogen and oxygen atoms in total. The second kappa shape index (κ2) is 5.65. The van der Waals surface area contributed by atoms with E-state index in [0.717, 1.165) is 18.4 Å². The summed E-state index contributed by atoms with van der Waals surface area (Å²) in [4.78, 5) is 10.7. The zero-order valence-corrected chi connectivity index (χ0v) is 10.2. The van der Waals surface area contributed by atoms with Crippen molar-refractivity contribution in [3.63, 3.8) is 0 Å². The molecule has 1 unspecified atom stereocenters. The van der Waals surface area contributed by atoms with Crippen molar-refractivity contribution in [1.29, 1.82) is 0 Å². The van der Waals surface area contributed by atoms with Crippen molar-refractivity contribution in [2.45, 2.75) is 25.3 Å². The van der Waals surface area contributed by atoms with Gasteiger partial charge in [0.2, 0.25) is 0 Å². The highest BCUT2D eigenvalue weighted by atomic mass is 16.4. The molecule has 0 fully saturated rings. The highest BCUT2D eigenvalue weighted by Gasteiger charge is 2.12. The van der Waals surface area contributed by atoms with Crippen molar-refractivity contribution in [1.82, 2.24) is 0 Å². The third-order valence-electron chi connectivity index (χ3n) is 3.06. The third-order valence-corrected chi connectivity index (χ3v) is 3.06. The first-order valence-corrected chi connectivity index (χ1v) is 6.11. The molecule has 3 heteroatoms. The molecule has 1 aromatic rings. The maximum absolute atomic E-state index is 10.7. The normalized spacial score (nSPS) is 16.2. The van der Waals surface area contributed by atoms with Crippen LogP contribution < -0.4 is 5.73 Å². The maximum Gasteiger partial charge on any atom is 0.320 e. The largest absolute Gasteiger partial charge is 0.480 e. The number of carboxylic acids is 1. The summed E-state index contributed by atoms with van der Waals surface area (Å²) >= 11 is 0. The number of aliphatic carboxylic acids is 1. The minimum Gasteiger partial charge on any atom is -0.480 e. The predicted molar refractivity (Wildman–Crippen MR) is 72.1 cm³/mol. The van der Waals surface area contributed by atoms with Crippen molar-refractivity contribution in [2.24, 2.45) is 5.73 Å². The van der Waals surface area contributed by atoms with E-state index in [9.17, 15) is 4.79 Å². The first-order valence-electron chi connectivity index (χ1n) is 6.11. The molecule has 0 spiro atoms. The van der Waals surface area contributed by atoms with E-state index in [1.807, 2.05) is 24.3 Å². The molecule has 2 rings (SSSR count). The molecule has 0 saturated heterocycles. The Morgan fingerprint density at radius 3 is 2.56 bits per heavy atom. The van der Waals surface area contributed by atoms with E-state index >= 15 is 0 Å². The highest BCUT2D eigenvalue weighted by Crippen LogP contribution is 2.21. The minimum atomic E-state index is -0.961. The molecule has 1 aromatic carbocycles. The number of allylic oxidation sites excluding steroid dienone is 4. The van der Waals surface area contributed by atoms with Gasteiger partial charge in [0, 0.05) is 0 Å². The van der Waals surface area contributed by atoms with E-state index in [-0.39, 0.29) is 0 Å². The Hall–Kier alpha value is -1.87. The molecule has 1 aliphatic carbocycles. The summed E-state index contributed by atoms with van der Waals surface area (Å²) in [6.07, 6.45) is 9.07. The van der Waals surface area contributed by atoms with Crippen LogP contribution in [0.2, 0.25) is 0 Å². The van der Waals surface area contributed by atoms with Gasteiger partial charge in [-0.2, -0.15) is 0 Å². The number of hydrogen-bond acceptors (Lipinski definition) is 2. The van der Waals surface area contributed by atoms with Gasteiger partial charge in [-0.05, 0) is 36.0 Å². The summed E-state index contributed by atoms with van der Waals surface area (Å²) in [7, 11) is 0. The van der Waals surface area contributed by atoms with Gasteiger partial charge in [0.05, 0.1) is 0 Å². The zero-order chi connectivity index (χ0) is 13.0. The van der Waals surface area contributed by atoms with Crippen LogP contribution in [0.5, 0.6) is 0 Å². The van der Waals surface area contributed by atoms with E-state index in [1.165, 1.54) is 11.1 Å². The quantitative estimate of drug-likeness (QED) is 0.853. The molecule has 0 heterocycles. The average Bonchev–Trinajstić information content (AvgIpc) is 2.40. The number of rotatable bonds is 4. The molecule has 0 saturated carbocycles. The van der Waals surface area contributed by atoms with Gasteiger partial charge in [-0.3, -0.25) is 4.79 Å². The number of nitrogens with two attached hydrogens (primary N) is 1. The Balaban J connectivity index is 2.08. The average molecular weight is 243 g/mol. The van der Waals surface area contributed by atoms with Gasteiger partial charge in [0.15, 0.2) is 0 Å². The molecular formula is C15H17NO2. The topological polar surface area (TPSA) is 63.3 Å². The van der Waals surface area contributed by atoms with Gasteiger partial charge in [-0.1, -0.05) is 42.5 Å². The Bertz CT molecular complexity index is 486. The predicted octanol–water partition coefficient (Wildman–Crippen LogP) is 2.37. The Morgan fingerprint density at radius 2 is 2.00 bits per heavy atom. The van der Waals surface area contributed by atoms with Gasteiger partial charge in [-0.25, -0.2) is 0 Å². The van der Waals surface area contributed by atoms with Crippen LogP contribution in [0, 0.1) is 0 Å². The first kappa shape index (κ1) is 12.6. The first-order chi connectivity index (χ1) is 8.66. The van der Waals surface area contributed by atoms with Crippen LogP contribution in [0.1, 0.15) is 24.0 Å². The van der Waals surface area contributed by atoms with Crippen LogP contribution in [-0.2, 0) is 11.2 Å². The Kier molecular flexibility index (Phi) is 3.95. The molecule has 0 radical (unpaired) electrons. The fourth-order valence-electron chi connectivity index (χ4n) is 2.00. The van der Waals surface area contributed by atoms with Crippen LogP contribution in [0.3, 0.4) is 0 Å². The molecule has 0 amide bonds. The lowest BCUT2D eigenvalue weighted by atomic mass is 9.97. The van der Waals surface area contributed by atoms with E-state index in [2.05, 4.69) is 18.2 Å². The van der Waals surface area contributed by atoms with Crippen molar-refractivity contribution in [3.8, 4) is 0 Å². The standard InChI is InChI=1S/C15H17NO2/c16-14(15(17)18)10-11-6-8-13(9-7-11)12-4-2-1-3-5-12/h2,4-9,14H,1,3,10,16H2,(H,17,18). The summed E-state index contributed by atoms with van der Waals surface area (Å²) in [5, 5.41) is 8.76. The molecule has 18 heavy (non-hydrogen) atoms. The second-order valence-corrected chi connectivity index (χ2v) is 4.48. The lowest BCUT2D eigenvalue weighted by Gasteiger charge is -2.09. The van der Waals surface area contributed by atoms with Crippen molar-refractivity contribution < 1.29 is 9.90 Å². The lowest BCUT2D eigenvalue weighted by molar-refractivity contribution is -0.138. The molecule has 94 valence electrons. The lowest BCUT2D eigenvalue weighted by Crippen LogP contribution is -2.32. The Labute approximate surface area is 107 Å². The second-order valence-electron chi connectivity index (χ2n) is 4.48. The van der Waals surface area contributed by atoms with Gasteiger partial charge in [0.25, 0.3) is 0 Å². The minimum absolute atomic E-state index is 0.366. The van der Waals surface area contributed by atoms with E-state index < -0.39 is 12.0 Å². The number of benzene rings is 1. The number of carbonyl (C=O) groups is 1. The smallest absolute Gasteiger partial charge is 0.320 e. The van der Waals surface area contributed by atoms with Gasteiger partial charge < -0.3 is 10.8 Å². The summed E-state index contributed by atoms with van der Waals surface area (Å²) < 4.78 is 0. The SMILES string of the molecule is NC(Cc1ccc(C2=CCCC=C2)cc1)C(=O)O. The van der Waals surface area contributed by atoms with Gasteiger partial charge >= 0.3 is 5.97 Å². The van der Waals surface area contributed by atoms with Gasteiger partial charge in [-0.15, -0.1) is 0 Å². The van der Waals surface area contributed by atoms with Crippen LogP contribution in [0.25, 0.3) is 5.57 Å². The van der Waals surface area contributed by atoms with Crippen molar-refractivity contribution >= 4 is 11.5 Å². The van der Waals surface area contributed by atoms with Crippen molar-refractivity contribution in [3.05, 3.63) is 53.6 Å². The van der Waals surface area contributed by atoms with Crippen LogP contribution >= 0.6 is 0 Å². The molecule has 0 aromatic heterocycles. The maximum atomic E-state index is 10.7. The summed E-state index contributed by atoms with van der Waals surface area (Å²) in [6.45, 7) is 0. The van der Waals surface area contributed by atoms with E-state index in [4.69, 9.17) is 10.8 Å². The highest BCUT2D eigenvalue weighted by molar-refractivity contribution is 5.75.